The number of nitrogens with one attached hydrogen (secondary N) is 1. The lowest BCUT2D eigenvalue weighted by Crippen LogP contribution is -2.54. The molecule has 0 radical (unpaired) electrons. The number of nitrogens with zero attached hydrogens (tertiary/aromatic N) is 6. The standard InChI is InChI=1S/C23H23N7O2S/c1-2-32-19-10-8-16(9-11-19)20-15-30(28-25-20)18-13-29(14-18)23(31)24-12-21-26-27-22(33-21)17-6-4-3-5-7-17/h3-11,15,18H,2,12-14H2,1H3,(H,24,31). The highest BCUT2D eigenvalue weighted by molar-refractivity contribution is 7.14. The van der Waals surface area contributed by atoms with Gasteiger partial charge in [-0.25, -0.2) is 9.48 Å². The van der Waals surface area contributed by atoms with Gasteiger partial charge in [0.2, 0.25) is 0 Å². The van der Waals surface area contributed by atoms with Crippen LogP contribution in [0.1, 0.15) is 18.0 Å². The topological polar surface area (TPSA) is 98.1 Å². The van der Waals surface area contributed by atoms with Gasteiger partial charge in [0.1, 0.15) is 21.5 Å². The van der Waals surface area contributed by atoms with Crippen LogP contribution in [0.15, 0.2) is 60.8 Å². The summed E-state index contributed by atoms with van der Waals surface area (Å²) in [6.07, 6.45) is 1.92. The van der Waals surface area contributed by atoms with E-state index in [1.807, 2.05) is 72.4 Å². The van der Waals surface area contributed by atoms with Crippen LogP contribution in [0.4, 0.5) is 4.79 Å². The fourth-order valence-electron chi connectivity index (χ4n) is 3.55. The zero-order valence-corrected chi connectivity index (χ0v) is 18.9. The molecule has 0 saturated carbocycles. The Kier molecular flexibility index (Phi) is 5.99. The Hall–Kier alpha value is -3.79. The zero-order chi connectivity index (χ0) is 22.6. The van der Waals surface area contributed by atoms with Crippen molar-refractivity contribution in [1.29, 1.82) is 0 Å². The third kappa shape index (κ3) is 4.70. The number of carbonyl (C=O) groups is 1. The Bertz CT molecular complexity index is 1220. The molecule has 33 heavy (non-hydrogen) atoms. The van der Waals surface area contributed by atoms with E-state index in [9.17, 15) is 4.79 Å². The largest absolute Gasteiger partial charge is 0.494 e. The summed E-state index contributed by atoms with van der Waals surface area (Å²) in [6.45, 7) is 4.12. The molecule has 0 aliphatic carbocycles. The fourth-order valence-corrected chi connectivity index (χ4v) is 4.33. The van der Waals surface area contributed by atoms with Crippen LogP contribution in [-0.2, 0) is 6.54 Å². The Labute approximate surface area is 195 Å². The summed E-state index contributed by atoms with van der Waals surface area (Å²) in [5.41, 5.74) is 2.80. The third-order valence-electron chi connectivity index (χ3n) is 5.37. The SMILES string of the molecule is CCOc1ccc(-c2cn(C3CN(C(=O)NCc4nnc(-c5ccccc5)s4)C3)nn2)cc1. The number of aromatic nitrogens is 5. The maximum Gasteiger partial charge on any atom is 0.317 e. The summed E-state index contributed by atoms with van der Waals surface area (Å²) in [5.74, 6) is 0.833. The van der Waals surface area contributed by atoms with Crippen molar-refractivity contribution in [2.75, 3.05) is 19.7 Å². The van der Waals surface area contributed by atoms with Crippen molar-refractivity contribution in [2.45, 2.75) is 19.5 Å². The Morgan fingerprint density at radius 1 is 1.06 bits per heavy atom. The highest BCUT2D eigenvalue weighted by Crippen LogP contribution is 2.25. The number of ether oxygens (including phenoxy) is 1. The van der Waals surface area contributed by atoms with Gasteiger partial charge in [-0.1, -0.05) is 46.9 Å². The predicted octanol–water partition coefficient (Wildman–Crippen LogP) is 3.63. The summed E-state index contributed by atoms with van der Waals surface area (Å²) in [7, 11) is 0. The Balaban J connectivity index is 1.11. The van der Waals surface area contributed by atoms with Crippen molar-refractivity contribution >= 4 is 17.4 Å². The molecule has 0 unspecified atom stereocenters. The number of amides is 2. The van der Waals surface area contributed by atoms with Crippen LogP contribution in [0.2, 0.25) is 0 Å². The minimum absolute atomic E-state index is 0.116. The summed E-state index contributed by atoms with van der Waals surface area (Å²) in [5, 5.41) is 21.5. The summed E-state index contributed by atoms with van der Waals surface area (Å²) in [6, 6.07) is 17.7. The lowest BCUT2D eigenvalue weighted by Gasteiger charge is -2.38. The van der Waals surface area contributed by atoms with E-state index >= 15 is 0 Å². The van der Waals surface area contributed by atoms with E-state index in [4.69, 9.17) is 4.74 Å². The van der Waals surface area contributed by atoms with Gasteiger partial charge >= 0.3 is 6.03 Å². The Morgan fingerprint density at radius 2 is 1.85 bits per heavy atom. The molecule has 168 valence electrons. The van der Waals surface area contributed by atoms with Crippen molar-refractivity contribution in [3.05, 3.63) is 65.8 Å². The van der Waals surface area contributed by atoms with Gasteiger partial charge in [-0.05, 0) is 31.2 Å². The minimum Gasteiger partial charge on any atom is -0.494 e. The molecule has 9 nitrogen and oxygen atoms in total. The van der Waals surface area contributed by atoms with Gasteiger partial charge in [-0.3, -0.25) is 0 Å². The molecule has 10 heteroatoms. The summed E-state index contributed by atoms with van der Waals surface area (Å²) >= 11 is 1.48. The molecule has 2 aromatic carbocycles. The first-order valence-electron chi connectivity index (χ1n) is 10.7. The number of benzene rings is 2. The molecule has 1 aliphatic rings. The number of hydrogen-bond acceptors (Lipinski definition) is 7. The van der Waals surface area contributed by atoms with Crippen LogP contribution < -0.4 is 10.1 Å². The molecule has 1 saturated heterocycles. The maximum atomic E-state index is 12.5. The molecule has 0 atom stereocenters. The van der Waals surface area contributed by atoms with E-state index in [1.165, 1.54) is 11.3 Å². The van der Waals surface area contributed by atoms with Crippen molar-refractivity contribution in [3.63, 3.8) is 0 Å². The second-order valence-corrected chi connectivity index (χ2v) is 8.69. The van der Waals surface area contributed by atoms with Crippen molar-refractivity contribution in [2.24, 2.45) is 0 Å². The summed E-state index contributed by atoms with van der Waals surface area (Å²) in [4.78, 5) is 14.2. The van der Waals surface area contributed by atoms with E-state index in [0.29, 0.717) is 26.2 Å². The lowest BCUT2D eigenvalue weighted by molar-refractivity contribution is 0.117. The van der Waals surface area contributed by atoms with E-state index < -0.39 is 0 Å². The van der Waals surface area contributed by atoms with Crippen LogP contribution in [0.5, 0.6) is 5.75 Å². The van der Waals surface area contributed by atoms with Gasteiger partial charge in [0.15, 0.2) is 0 Å². The molecule has 1 fully saturated rings. The van der Waals surface area contributed by atoms with Gasteiger partial charge in [0, 0.05) is 24.2 Å². The molecular formula is C23H23N7O2S. The highest BCUT2D eigenvalue weighted by Gasteiger charge is 2.33. The average Bonchev–Trinajstić information content (AvgIpc) is 3.48. The molecule has 3 heterocycles. The maximum absolute atomic E-state index is 12.5. The van der Waals surface area contributed by atoms with Gasteiger partial charge in [0.25, 0.3) is 0 Å². The average molecular weight is 462 g/mol. The molecule has 1 aliphatic heterocycles. The second kappa shape index (κ2) is 9.37. The molecule has 2 aromatic heterocycles. The number of likely N-dealkylation sites (tertiary alicyclic amines) is 1. The molecule has 1 N–H and O–H groups in total. The van der Waals surface area contributed by atoms with Crippen molar-refractivity contribution in [3.8, 4) is 27.6 Å². The van der Waals surface area contributed by atoms with E-state index in [-0.39, 0.29) is 12.1 Å². The van der Waals surface area contributed by atoms with Gasteiger partial charge < -0.3 is 15.0 Å². The van der Waals surface area contributed by atoms with Gasteiger partial charge in [-0.2, -0.15) is 0 Å². The monoisotopic (exact) mass is 461 g/mol. The normalized spacial score (nSPS) is 13.5. The number of urea groups is 1. The van der Waals surface area contributed by atoms with Crippen LogP contribution in [0, 0.1) is 0 Å². The number of carbonyl (C=O) groups excluding carboxylic acids is 1. The van der Waals surface area contributed by atoms with Crippen LogP contribution >= 0.6 is 11.3 Å². The molecule has 5 rings (SSSR count). The second-order valence-electron chi connectivity index (χ2n) is 7.63. The fraction of sp³-hybridized carbons (Fsp3) is 0.261. The van der Waals surface area contributed by atoms with E-state index in [2.05, 4.69) is 25.8 Å². The van der Waals surface area contributed by atoms with Crippen LogP contribution in [-0.4, -0.2) is 55.8 Å². The number of hydrogen-bond donors (Lipinski definition) is 1. The first-order valence-corrected chi connectivity index (χ1v) is 11.6. The first kappa shape index (κ1) is 21.1. The number of rotatable bonds is 7. The van der Waals surface area contributed by atoms with Gasteiger partial charge in [-0.15, -0.1) is 15.3 Å². The van der Waals surface area contributed by atoms with Crippen molar-refractivity contribution in [1.82, 2.24) is 35.4 Å². The molecule has 0 spiro atoms. The predicted molar refractivity (Wildman–Crippen MR) is 125 cm³/mol. The van der Waals surface area contributed by atoms with Crippen molar-refractivity contribution < 1.29 is 9.53 Å². The third-order valence-corrected chi connectivity index (χ3v) is 6.35. The smallest absolute Gasteiger partial charge is 0.317 e. The zero-order valence-electron chi connectivity index (χ0n) is 18.1. The molecular weight excluding hydrogens is 438 g/mol. The first-order chi connectivity index (χ1) is 16.2. The lowest BCUT2D eigenvalue weighted by atomic mass is 10.1. The van der Waals surface area contributed by atoms with Crippen LogP contribution in [0.3, 0.4) is 0 Å². The van der Waals surface area contributed by atoms with E-state index in [0.717, 1.165) is 32.6 Å². The quantitative estimate of drug-likeness (QED) is 0.451. The molecule has 2 amide bonds. The van der Waals surface area contributed by atoms with E-state index in [1.54, 1.807) is 4.90 Å². The Morgan fingerprint density at radius 3 is 2.61 bits per heavy atom. The highest BCUT2D eigenvalue weighted by atomic mass is 32.1. The molecule has 4 aromatic rings. The van der Waals surface area contributed by atoms with Gasteiger partial charge in [0.05, 0.1) is 25.4 Å². The van der Waals surface area contributed by atoms with Crippen LogP contribution in [0.25, 0.3) is 21.8 Å². The molecule has 0 bridgehead atoms. The minimum atomic E-state index is -0.116. The summed E-state index contributed by atoms with van der Waals surface area (Å²) < 4.78 is 7.30.